The molecule has 1 saturated heterocycles. The second-order valence-corrected chi connectivity index (χ2v) is 6.25. The number of rotatable bonds is 4. The van der Waals surface area contributed by atoms with Crippen molar-refractivity contribution in [3.63, 3.8) is 0 Å². The van der Waals surface area contributed by atoms with Crippen LogP contribution in [0.1, 0.15) is 36.4 Å². The van der Waals surface area contributed by atoms with Crippen molar-refractivity contribution in [3.05, 3.63) is 52.2 Å². The van der Waals surface area contributed by atoms with Gasteiger partial charge in [-0.2, -0.15) is 11.3 Å². The number of thiophene rings is 1. The summed E-state index contributed by atoms with van der Waals surface area (Å²) >= 11 is 1.67. The molecule has 0 bridgehead atoms. The Labute approximate surface area is 128 Å². The third kappa shape index (κ3) is 3.27. The Kier molecular flexibility index (Phi) is 4.25. The molecule has 1 aromatic heterocycles. The minimum atomic E-state index is 0.167. The van der Waals surface area contributed by atoms with E-state index in [4.69, 9.17) is 0 Å². The number of aromatic hydroxyl groups is 1. The summed E-state index contributed by atoms with van der Waals surface area (Å²) in [5.74, 6) is 0.504. The third-order valence-electron chi connectivity index (χ3n) is 4.06. The Bertz CT molecular complexity index is 592. The van der Waals surface area contributed by atoms with E-state index in [1.165, 1.54) is 5.56 Å². The van der Waals surface area contributed by atoms with E-state index < -0.39 is 0 Å². The Hall–Kier alpha value is -1.81. The monoisotopic (exact) mass is 301 g/mol. The van der Waals surface area contributed by atoms with Crippen LogP contribution in [0, 0.1) is 0 Å². The van der Waals surface area contributed by atoms with Crippen LogP contribution in [0.15, 0.2) is 41.1 Å². The van der Waals surface area contributed by atoms with Crippen molar-refractivity contribution in [1.29, 1.82) is 0 Å². The highest BCUT2D eigenvalue weighted by Gasteiger charge is 2.29. The average molecular weight is 301 g/mol. The number of hydrogen-bond acceptors (Lipinski definition) is 3. The van der Waals surface area contributed by atoms with E-state index in [2.05, 4.69) is 16.8 Å². The Balaban J connectivity index is 1.65. The molecule has 1 aromatic carbocycles. The Morgan fingerprint density at radius 3 is 2.81 bits per heavy atom. The quantitative estimate of drug-likeness (QED) is 0.934. The highest BCUT2D eigenvalue weighted by atomic mass is 32.1. The van der Waals surface area contributed by atoms with Gasteiger partial charge in [0.2, 0.25) is 5.91 Å². The van der Waals surface area contributed by atoms with Crippen molar-refractivity contribution >= 4 is 17.2 Å². The smallest absolute Gasteiger partial charge is 0.223 e. The topological polar surface area (TPSA) is 40.5 Å². The van der Waals surface area contributed by atoms with Gasteiger partial charge >= 0.3 is 0 Å². The van der Waals surface area contributed by atoms with Gasteiger partial charge in [0.25, 0.3) is 0 Å². The number of aryl methyl sites for hydroxylation is 1. The molecule has 21 heavy (non-hydrogen) atoms. The summed E-state index contributed by atoms with van der Waals surface area (Å²) in [6, 6.07) is 9.48. The van der Waals surface area contributed by atoms with Crippen LogP contribution in [0.3, 0.4) is 0 Å². The first kappa shape index (κ1) is 14.1. The lowest BCUT2D eigenvalue weighted by Crippen LogP contribution is -2.30. The molecule has 0 saturated carbocycles. The van der Waals surface area contributed by atoms with Crippen molar-refractivity contribution in [2.75, 3.05) is 6.54 Å². The molecule has 1 aliphatic rings. The maximum Gasteiger partial charge on any atom is 0.223 e. The van der Waals surface area contributed by atoms with Crippen molar-refractivity contribution in [2.45, 2.75) is 31.7 Å². The standard InChI is InChI=1S/C17H19NO2S/c19-15-6-4-14(5-7-15)16-2-1-10-18(16)17(20)8-3-13-9-11-21-12-13/h4-7,9,11-12,16,19H,1-3,8,10H2. The summed E-state index contributed by atoms with van der Waals surface area (Å²) in [4.78, 5) is 14.5. The molecule has 1 atom stereocenters. The summed E-state index contributed by atoms with van der Waals surface area (Å²) in [6.45, 7) is 0.841. The molecule has 1 amide bonds. The van der Waals surface area contributed by atoms with Crippen molar-refractivity contribution in [2.24, 2.45) is 0 Å². The Morgan fingerprint density at radius 1 is 1.29 bits per heavy atom. The molecule has 4 heteroatoms. The zero-order chi connectivity index (χ0) is 14.7. The zero-order valence-corrected chi connectivity index (χ0v) is 12.7. The molecule has 2 heterocycles. The molecule has 1 aliphatic heterocycles. The highest BCUT2D eigenvalue weighted by Crippen LogP contribution is 2.33. The molecule has 0 aliphatic carbocycles. The van der Waals surface area contributed by atoms with Gasteiger partial charge in [-0.1, -0.05) is 12.1 Å². The van der Waals surface area contributed by atoms with Gasteiger partial charge in [0.1, 0.15) is 5.75 Å². The van der Waals surface area contributed by atoms with E-state index >= 15 is 0 Å². The van der Waals surface area contributed by atoms with Crippen LogP contribution in [0.2, 0.25) is 0 Å². The van der Waals surface area contributed by atoms with Gasteiger partial charge in [-0.25, -0.2) is 0 Å². The highest BCUT2D eigenvalue weighted by molar-refractivity contribution is 7.07. The summed E-state index contributed by atoms with van der Waals surface area (Å²) in [5, 5.41) is 13.5. The summed E-state index contributed by atoms with van der Waals surface area (Å²) in [7, 11) is 0. The minimum Gasteiger partial charge on any atom is -0.508 e. The van der Waals surface area contributed by atoms with Crippen molar-refractivity contribution in [1.82, 2.24) is 4.90 Å². The number of carbonyl (C=O) groups excluding carboxylic acids is 1. The molecular formula is C17H19NO2S. The van der Waals surface area contributed by atoms with E-state index in [0.29, 0.717) is 6.42 Å². The van der Waals surface area contributed by atoms with E-state index in [0.717, 1.165) is 31.4 Å². The predicted octanol–water partition coefficient (Wildman–Crippen LogP) is 3.75. The van der Waals surface area contributed by atoms with Crippen LogP contribution in [0.4, 0.5) is 0 Å². The molecule has 0 radical (unpaired) electrons. The lowest BCUT2D eigenvalue weighted by Gasteiger charge is -2.25. The van der Waals surface area contributed by atoms with Gasteiger partial charge in [-0.15, -0.1) is 0 Å². The van der Waals surface area contributed by atoms with Gasteiger partial charge in [0.05, 0.1) is 6.04 Å². The minimum absolute atomic E-state index is 0.167. The number of benzene rings is 1. The SMILES string of the molecule is O=C(CCc1ccsc1)N1CCCC1c1ccc(O)cc1. The van der Waals surface area contributed by atoms with Crippen LogP contribution in [-0.2, 0) is 11.2 Å². The number of nitrogens with zero attached hydrogens (tertiary/aromatic N) is 1. The van der Waals surface area contributed by atoms with E-state index in [9.17, 15) is 9.90 Å². The molecule has 1 unspecified atom stereocenters. The van der Waals surface area contributed by atoms with E-state index in [-0.39, 0.29) is 17.7 Å². The van der Waals surface area contributed by atoms with Crippen LogP contribution >= 0.6 is 11.3 Å². The summed E-state index contributed by atoms with van der Waals surface area (Å²) in [6.07, 6.45) is 3.46. The van der Waals surface area contributed by atoms with E-state index in [1.807, 2.05) is 17.0 Å². The molecule has 1 N–H and O–H groups in total. The number of carbonyl (C=O) groups is 1. The van der Waals surface area contributed by atoms with Gasteiger partial charge in [0, 0.05) is 13.0 Å². The number of likely N-dealkylation sites (tertiary alicyclic amines) is 1. The second-order valence-electron chi connectivity index (χ2n) is 5.47. The van der Waals surface area contributed by atoms with Crippen LogP contribution in [0.5, 0.6) is 5.75 Å². The van der Waals surface area contributed by atoms with Gasteiger partial charge in [-0.3, -0.25) is 4.79 Å². The number of phenols is 1. The molecule has 2 aromatic rings. The second kappa shape index (κ2) is 6.31. The molecule has 1 fully saturated rings. The lowest BCUT2D eigenvalue weighted by molar-refractivity contribution is -0.132. The first-order chi connectivity index (χ1) is 10.2. The fourth-order valence-electron chi connectivity index (χ4n) is 2.94. The number of amides is 1. The first-order valence-electron chi connectivity index (χ1n) is 7.33. The molecule has 0 spiro atoms. The number of hydrogen-bond donors (Lipinski definition) is 1. The normalized spacial score (nSPS) is 18.1. The van der Waals surface area contributed by atoms with Crippen molar-refractivity contribution < 1.29 is 9.90 Å². The summed E-state index contributed by atoms with van der Waals surface area (Å²) < 4.78 is 0. The zero-order valence-electron chi connectivity index (χ0n) is 11.9. The largest absolute Gasteiger partial charge is 0.508 e. The number of phenolic OH excluding ortho intramolecular Hbond substituents is 1. The van der Waals surface area contributed by atoms with Crippen LogP contribution in [-0.4, -0.2) is 22.5 Å². The predicted molar refractivity (Wildman–Crippen MR) is 84.4 cm³/mol. The van der Waals surface area contributed by atoms with Crippen LogP contribution < -0.4 is 0 Å². The summed E-state index contributed by atoms with van der Waals surface area (Å²) in [5.41, 5.74) is 2.36. The molecule has 3 nitrogen and oxygen atoms in total. The molecular weight excluding hydrogens is 282 g/mol. The Morgan fingerprint density at radius 2 is 2.10 bits per heavy atom. The van der Waals surface area contributed by atoms with Gasteiger partial charge < -0.3 is 10.0 Å². The fourth-order valence-corrected chi connectivity index (χ4v) is 3.64. The first-order valence-corrected chi connectivity index (χ1v) is 8.28. The maximum atomic E-state index is 12.5. The van der Waals surface area contributed by atoms with E-state index in [1.54, 1.807) is 23.5 Å². The maximum absolute atomic E-state index is 12.5. The molecule has 110 valence electrons. The van der Waals surface area contributed by atoms with Gasteiger partial charge in [-0.05, 0) is 59.3 Å². The molecule has 3 rings (SSSR count). The average Bonchev–Trinajstić information content (AvgIpc) is 3.17. The van der Waals surface area contributed by atoms with Crippen LogP contribution in [0.25, 0.3) is 0 Å². The fraction of sp³-hybridized carbons (Fsp3) is 0.353. The lowest BCUT2D eigenvalue weighted by atomic mass is 10.0. The van der Waals surface area contributed by atoms with Gasteiger partial charge in [0.15, 0.2) is 0 Å². The third-order valence-corrected chi connectivity index (χ3v) is 4.79. The van der Waals surface area contributed by atoms with Crippen molar-refractivity contribution in [3.8, 4) is 5.75 Å².